The van der Waals surface area contributed by atoms with E-state index in [0.29, 0.717) is 35.2 Å². The highest BCUT2D eigenvalue weighted by Gasteiger charge is 2.14. The molecule has 1 heterocycles. The van der Waals surface area contributed by atoms with Crippen LogP contribution in [0.3, 0.4) is 0 Å². The summed E-state index contributed by atoms with van der Waals surface area (Å²) in [7, 11) is 4.72. The van der Waals surface area contributed by atoms with Gasteiger partial charge in [-0.15, -0.1) is 0 Å². The molecule has 0 saturated heterocycles. The predicted molar refractivity (Wildman–Crippen MR) is 127 cm³/mol. The van der Waals surface area contributed by atoms with Gasteiger partial charge in [0.25, 0.3) is 0 Å². The second kappa shape index (κ2) is 9.49. The summed E-state index contributed by atoms with van der Waals surface area (Å²) < 4.78 is 32.1. The third-order valence-corrected chi connectivity index (χ3v) is 5.33. The molecule has 166 valence electrons. The van der Waals surface area contributed by atoms with Crippen LogP contribution in [-0.4, -0.2) is 30.9 Å². The molecule has 0 spiro atoms. The fourth-order valence-corrected chi connectivity index (χ4v) is 3.65. The fourth-order valence-electron chi connectivity index (χ4n) is 3.65. The summed E-state index contributed by atoms with van der Waals surface area (Å²) in [5.74, 6) is 8.27. The first-order valence-corrected chi connectivity index (χ1v) is 10.3. The summed E-state index contributed by atoms with van der Waals surface area (Å²) in [5, 5.41) is 0. The van der Waals surface area contributed by atoms with Crippen molar-refractivity contribution < 1.29 is 18.6 Å². The molecule has 6 heteroatoms. The summed E-state index contributed by atoms with van der Waals surface area (Å²) in [5.41, 5.74) is 3.97. The summed E-state index contributed by atoms with van der Waals surface area (Å²) in [6.45, 7) is 4.28. The van der Waals surface area contributed by atoms with Crippen molar-refractivity contribution in [1.29, 1.82) is 0 Å². The topological polar surface area (TPSA) is 45.5 Å². The van der Waals surface area contributed by atoms with Gasteiger partial charge < -0.3 is 18.8 Å². The van der Waals surface area contributed by atoms with E-state index in [-0.39, 0.29) is 5.82 Å². The minimum atomic E-state index is -0.303. The Morgan fingerprint density at radius 3 is 2.36 bits per heavy atom. The van der Waals surface area contributed by atoms with Crippen molar-refractivity contribution >= 4 is 17.1 Å². The maximum Gasteiger partial charge on any atom is 0.187 e. The molecule has 0 aliphatic heterocycles. The highest BCUT2D eigenvalue weighted by molar-refractivity contribution is 5.77. The molecule has 0 radical (unpaired) electrons. The van der Waals surface area contributed by atoms with Crippen LogP contribution in [0.4, 0.5) is 4.39 Å². The van der Waals surface area contributed by atoms with E-state index in [1.807, 2.05) is 28.8 Å². The van der Waals surface area contributed by atoms with Crippen molar-refractivity contribution in [3.8, 4) is 29.1 Å². The van der Waals surface area contributed by atoms with Crippen LogP contribution in [0.2, 0.25) is 0 Å². The summed E-state index contributed by atoms with van der Waals surface area (Å²) >= 11 is 0. The van der Waals surface area contributed by atoms with Crippen LogP contribution < -0.4 is 14.2 Å². The Bertz CT molecular complexity index is 1370. The van der Waals surface area contributed by atoms with Gasteiger partial charge in [0.2, 0.25) is 0 Å². The average molecular weight is 442 g/mol. The fraction of sp³-hybridized carbons (Fsp3) is 0.148. The lowest BCUT2D eigenvalue weighted by Gasteiger charge is -2.11. The number of ether oxygens (including phenoxy) is 3. The van der Waals surface area contributed by atoms with E-state index in [1.165, 1.54) is 12.1 Å². The van der Waals surface area contributed by atoms with Crippen LogP contribution in [0.1, 0.15) is 22.5 Å². The Morgan fingerprint density at radius 2 is 1.70 bits per heavy atom. The molecule has 0 unspecified atom stereocenters. The van der Waals surface area contributed by atoms with Crippen LogP contribution in [0.15, 0.2) is 61.2 Å². The zero-order valence-electron chi connectivity index (χ0n) is 18.7. The van der Waals surface area contributed by atoms with Crippen LogP contribution in [-0.2, 0) is 6.54 Å². The number of benzene rings is 3. The van der Waals surface area contributed by atoms with Gasteiger partial charge in [-0.05, 0) is 41.3 Å². The first-order valence-electron chi connectivity index (χ1n) is 10.3. The quantitative estimate of drug-likeness (QED) is 0.381. The van der Waals surface area contributed by atoms with Gasteiger partial charge in [-0.25, -0.2) is 9.37 Å². The van der Waals surface area contributed by atoms with E-state index in [4.69, 9.17) is 19.2 Å². The Balaban J connectivity index is 1.85. The third-order valence-electron chi connectivity index (χ3n) is 5.33. The van der Waals surface area contributed by atoms with E-state index < -0.39 is 0 Å². The molecule has 0 amide bonds. The van der Waals surface area contributed by atoms with Crippen molar-refractivity contribution in [1.82, 2.24) is 9.55 Å². The zero-order valence-corrected chi connectivity index (χ0v) is 18.7. The van der Waals surface area contributed by atoms with Gasteiger partial charge in [-0.2, -0.15) is 0 Å². The van der Waals surface area contributed by atoms with Gasteiger partial charge >= 0.3 is 0 Å². The number of nitrogens with zero attached hydrogens (tertiary/aromatic N) is 2. The van der Waals surface area contributed by atoms with Crippen LogP contribution in [0.5, 0.6) is 17.2 Å². The van der Waals surface area contributed by atoms with Crippen LogP contribution in [0.25, 0.3) is 17.1 Å². The van der Waals surface area contributed by atoms with Gasteiger partial charge in [0.05, 0.1) is 38.9 Å². The first kappa shape index (κ1) is 22.0. The normalized spacial score (nSPS) is 10.4. The number of rotatable bonds is 6. The maximum atomic E-state index is 13.7. The number of hydrogen-bond donors (Lipinski definition) is 0. The lowest BCUT2D eigenvalue weighted by atomic mass is 10.1. The molecule has 3 aromatic carbocycles. The maximum absolute atomic E-state index is 13.7. The number of imidazole rings is 1. The highest BCUT2D eigenvalue weighted by Crippen LogP contribution is 2.33. The standard InChI is InChI=1S/C27H23FN2O3/c1-5-18-14-20(28)11-10-19(18)17-30-24-9-7-6-8-23(24)29-27(30)13-12-22-25(32-3)15-21(31-2)16-26(22)33-4/h5-11,14-16H,1,17H2,2-4H3. The number of fused-ring (bicyclic) bond motifs is 1. The highest BCUT2D eigenvalue weighted by atomic mass is 19.1. The molecule has 4 aromatic rings. The molecule has 0 N–H and O–H groups in total. The van der Waals surface area contributed by atoms with Crippen molar-refractivity contribution in [2.45, 2.75) is 6.54 Å². The number of aromatic nitrogens is 2. The summed E-state index contributed by atoms with van der Waals surface area (Å²) in [6, 6.07) is 16.0. The van der Waals surface area contributed by atoms with E-state index in [1.54, 1.807) is 45.6 Å². The van der Waals surface area contributed by atoms with Crippen LogP contribution in [0, 0.1) is 17.7 Å². The second-order valence-corrected chi connectivity index (χ2v) is 7.21. The Kier molecular flexibility index (Phi) is 6.32. The molecule has 33 heavy (non-hydrogen) atoms. The Hall–Kier alpha value is -4.24. The lowest BCUT2D eigenvalue weighted by Crippen LogP contribution is -2.05. The molecule has 1 aromatic heterocycles. The summed E-state index contributed by atoms with van der Waals surface area (Å²) in [4.78, 5) is 4.72. The Labute approximate surface area is 192 Å². The average Bonchev–Trinajstić information content (AvgIpc) is 3.20. The molecular formula is C27H23FN2O3. The van der Waals surface area contributed by atoms with Gasteiger partial charge in [0, 0.05) is 12.1 Å². The van der Waals surface area contributed by atoms with Gasteiger partial charge in [-0.3, -0.25) is 0 Å². The monoisotopic (exact) mass is 442 g/mol. The Morgan fingerprint density at radius 1 is 0.970 bits per heavy atom. The molecule has 0 saturated carbocycles. The zero-order chi connectivity index (χ0) is 23.4. The van der Waals surface area contributed by atoms with E-state index in [9.17, 15) is 4.39 Å². The van der Waals surface area contributed by atoms with Crippen LogP contribution >= 0.6 is 0 Å². The number of hydrogen-bond acceptors (Lipinski definition) is 4. The minimum Gasteiger partial charge on any atom is -0.496 e. The lowest BCUT2D eigenvalue weighted by molar-refractivity contribution is 0.374. The molecule has 0 atom stereocenters. The number of para-hydroxylation sites is 2. The molecule has 0 aliphatic rings. The van der Waals surface area contributed by atoms with E-state index in [2.05, 4.69) is 18.4 Å². The SMILES string of the molecule is C=Cc1cc(F)ccc1Cn1c(C#Cc2c(OC)cc(OC)cc2OC)nc2ccccc21. The van der Waals surface area contributed by atoms with Crippen molar-refractivity contribution in [3.05, 3.63) is 89.5 Å². The molecule has 0 aliphatic carbocycles. The smallest absolute Gasteiger partial charge is 0.187 e. The van der Waals surface area contributed by atoms with Crippen molar-refractivity contribution in [3.63, 3.8) is 0 Å². The predicted octanol–water partition coefficient (Wildman–Crippen LogP) is 5.29. The molecule has 4 rings (SSSR count). The minimum absolute atomic E-state index is 0.303. The molecular weight excluding hydrogens is 419 g/mol. The molecule has 0 fully saturated rings. The summed E-state index contributed by atoms with van der Waals surface area (Å²) in [6.07, 6.45) is 1.65. The largest absolute Gasteiger partial charge is 0.496 e. The number of methoxy groups -OCH3 is 3. The van der Waals surface area contributed by atoms with Gasteiger partial charge in [-0.1, -0.05) is 36.8 Å². The second-order valence-electron chi connectivity index (χ2n) is 7.21. The first-order chi connectivity index (χ1) is 16.1. The van der Waals surface area contributed by atoms with Gasteiger partial charge in [0.15, 0.2) is 5.82 Å². The van der Waals surface area contributed by atoms with Gasteiger partial charge in [0.1, 0.15) is 28.6 Å². The van der Waals surface area contributed by atoms with Crippen molar-refractivity contribution in [2.24, 2.45) is 0 Å². The molecule has 5 nitrogen and oxygen atoms in total. The third kappa shape index (κ3) is 4.39. The number of halogens is 1. The van der Waals surface area contributed by atoms with E-state index >= 15 is 0 Å². The van der Waals surface area contributed by atoms with E-state index in [0.717, 1.165) is 22.2 Å². The molecule has 0 bridgehead atoms. The van der Waals surface area contributed by atoms with Crippen molar-refractivity contribution in [2.75, 3.05) is 21.3 Å².